The molecule has 0 bridgehead atoms. The Bertz CT molecular complexity index is 1150. The summed E-state index contributed by atoms with van der Waals surface area (Å²) in [5.74, 6) is -1.04. The van der Waals surface area contributed by atoms with E-state index >= 15 is 0 Å². The maximum absolute atomic E-state index is 12.4. The standard InChI is InChI=1S/C43H71O9P/c1-3-5-7-8-9-10-11-12-13-14-15-16-20-23-26-29-32-36-42(45)50-38-41(39-51-53(47,48)49)52-43(46)37-33-30-27-24-21-18-17-19-22-25-28-31-35-40(44)34-6-4-2/h12-13,15-18,22-27,31,35,40-41,44H,3-11,14,19-21,28-30,32-34,36-39H2,1-2H3,(H2,47,48,49)/b13-12-,16-15-,18-17-,25-22-,26-23-,27-24-,35-31-/t40-,41-/m1/s1. The summed E-state index contributed by atoms with van der Waals surface area (Å²) in [6, 6.07) is 0. The Morgan fingerprint density at radius 3 is 1.55 bits per heavy atom. The van der Waals surface area contributed by atoms with Gasteiger partial charge in [0, 0.05) is 12.8 Å². The van der Waals surface area contributed by atoms with Gasteiger partial charge < -0.3 is 24.4 Å². The number of allylic oxidation sites excluding steroid dienone is 13. The van der Waals surface area contributed by atoms with Crippen molar-refractivity contribution in [2.45, 2.75) is 161 Å². The summed E-state index contributed by atoms with van der Waals surface area (Å²) in [7, 11) is -4.79. The highest BCUT2D eigenvalue weighted by Gasteiger charge is 2.22. The highest BCUT2D eigenvalue weighted by atomic mass is 31.2. The molecule has 2 atom stereocenters. The molecule has 3 N–H and O–H groups in total. The van der Waals surface area contributed by atoms with Gasteiger partial charge in [-0.1, -0.05) is 144 Å². The zero-order valence-electron chi connectivity index (χ0n) is 32.7. The van der Waals surface area contributed by atoms with Crippen LogP contribution in [0.4, 0.5) is 0 Å². The van der Waals surface area contributed by atoms with E-state index in [4.69, 9.17) is 19.3 Å². The van der Waals surface area contributed by atoms with E-state index in [9.17, 15) is 19.3 Å². The van der Waals surface area contributed by atoms with E-state index in [1.165, 1.54) is 38.5 Å². The molecule has 302 valence electrons. The van der Waals surface area contributed by atoms with Gasteiger partial charge in [-0.15, -0.1) is 0 Å². The van der Waals surface area contributed by atoms with Gasteiger partial charge in [0.25, 0.3) is 0 Å². The third-order valence-corrected chi connectivity index (χ3v) is 8.44. The van der Waals surface area contributed by atoms with Crippen LogP contribution in [0, 0.1) is 0 Å². The number of aliphatic hydroxyl groups is 1. The van der Waals surface area contributed by atoms with Crippen LogP contribution in [0.1, 0.15) is 149 Å². The normalized spacial score (nSPS) is 14.0. The van der Waals surface area contributed by atoms with Crippen molar-refractivity contribution >= 4 is 19.8 Å². The topological polar surface area (TPSA) is 140 Å². The Labute approximate surface area is 321 Å². The second-order valence-corrected chi connectivity index (χ2v) is 14.3. The third-order valence-electron chi connectivity index (χ3n) is 7.96. The predicted molar refractivity (Wildman–Crippen MR) is 217 cm³/mol. The molecule has 0 fully saturated rings. The second-order valence-electron chi connectivity index (χ2n) is 13.1. The summed E-state index contributed by atoms with van der Waals surface area (Å²) >= 11 is 0. The first-order valence-corrected chi connectivity index (χ1v) is 21.5. The van der Waals surface area contributed by atoms with Gasteiger partial charge in [0.15, 0.2) is 6.10 Å². The molecule has 0 aromatic rings. The molecule has 0 aromatic heterocycles. The van der Waals surface area contributed by atoms with Crippen LogP contribution >= 0.6 is 7.82 Å². The Kier molecular flexibility index (Phi) is 35.5. The highest BCUT2D eigenvalue weighted by molar-refractivity contribution is 7.46. The minimum atomic E-state index is -4.79. The summed E-state index contributed by atoms with van der Waals surface area (Å²) in [5, 5.41) is 9.79. The van der Waals surface area contributed by atoms with Crippen molar-refractivity contribution in [1.82, 2.24) is 0 Å². The Morgan fingerprint density at radius 1 is 0.566 bits per heavy atom. The molecule has 0 unspecified atom stereocenters. The number of carbonyl (C=O) groups is 2. The van der Waals surface area contributed by atoms with Crippen molar-refractivity contribution in [3.05, 3.63) is 85.1 Å². The van der Waals surface area contributed by atoms with Crippen LogP contribution in [0.2, 0.25) is 0 Å². The molecule has 0 heterocycles. The lowest BCUT2D eigenvalue weighted by molar-refractivity contribution is -0.161. The summed E-state index contributed by atoms with van der Waals surface area (Å²) in [4.78, 5) is 42.7. The van der Waals surface area contributed by atoms with Gasteiger partial charge in [-0.25, -0.2) is 4.57 Å². The smallest absolute Gasteiger partial charge is 0.462 e. The fourth-order valence-corrected chi connectivity index (χ4v) is 5.29. The van der Waals surface area contributed by atoms with Crippen LogP contribution in [0.3, 0.4) is 0 Å². The zero-order chi connectivity index (χ0) is 39.1. The van der Waals surface area contributed by atoms with Crippen LogP contribution in [-0.4, -0.2) is 52.3 Å². The molecule has 0 aliphatic rings. The fraction of sp³-hybridized carbons (Fsp3) is 0.628. The number of rotatable bonds is 35. The first-order valence-electron chi connectivity index (χ1n) is 20.0. The lowest BCUT2D eigenvalue weighted by Gasteiger charge is -2.18. The van der Waals surface area contributed by atoms with E-state index in [0.717, 1.165) is 57.8 Å². The molecule has 53 heavy (non-hydrogen) atoms. The van der Waals surface area contributed by atoms with Crippen molar-refractivity contribution in [2.24, 2.45) is 0 Å². The monoisotopic (exact) mass is 762 g/mol. The summed E-state index contributed by atoms with van der Waals surface area (Å²) in [5.41, 5.74) is 0. The largest absolute Gasteiger partial charge is 0.469 e. The number of unbranched alkanes of at least 4 members (excludes halogenated alkanes) is 9. The van der Waals surface area contributed by atoms with E-state index < -0.39 is 32.5 Å². The average molecular weight is 763 g/mol. The van der Waals surface area contributed by atoms with E-state index in [1.54, 1.807) is 0 Å². The van der Waals surface area contributed by atoms with Crippen molar-refractivity contribution in [2.75, 3.05) is 13.2 Å². The van der Waals surface area contributed by atoms with Crippen LogP contribution in [0.5, 0.6) is 0 Å². The molecular formula is C43H71O9P. The van der Waals surface area contributed by atoms with E-state index in [2.05, 4.69) is 73.1 Å². The quantitative estimate of drug-likeness (QED) is 0.0249. The van der Waals surface area contributed by atoms with Crippen LogP contribution < -0.4 is 0 Å². The summed E-state index contributed by atoms with van der Waals surface area (Å²) in [6.45, 7) is 3.41. The number of esters is 2. The Balaban J connectivity index is 4.18. The lowest BCUT2D eigenvalue weighted by Crippen LogP contribution is -2.29. The molecular weight excluding hydrogens is 691 g/mol. The molecule has 0 aromatic carbocycles. The predicted octanol–water partition coefficient (Wildman–Crippen LogP) is 11.0. The fourth-order valence-electron chi connectivity index (χ4n) is 4.93. The number of carbonyl (C=O) groups excluding carboxylic acids is 2. The van der Waals surface area contributed by atoms with Gasteiger partial charge in [-0.3, -0.25) is 14.1 Å². The number of hydrogen-bond donors (Lipinski definition) is 3. The van der Waals surface area contributed by atoms with Gasteiger partial charge >= 0.3 is 19.8 Å². The number of ether oxygens (including phenoxy) is 2. The minimum Gasteiger partial charge on any atom is -0.462 e. The molecule has 0 aliphatic carbocycles. The molecule has 0 radical (unpaired) electrons. The van der Waals surface area contributed by atoms with Gasteiger partial charge in [0.05, 0.1) is 12.7 Å². The van der Waals surface area contributed by atoms with Crippen LogP contribution in [0.15, 0.2) is 85.1 Å². The summed E-state index contributed by atoms with van der Waals surface area (Å²) < 4.78 is 26.2. The maximum atomic E-state index is 12.4. The number of aliphatic hydroxyl groups excluding tert-OH is 1. The van der Waals surface area contributed by atoms with Crippen LogP contribution in [-0.2, 0) is 28.2 Å². The molecule has 0 rings (SSSR count). The summed E-state index contributed by atoms with van der Waals surface area (Å²) in [6.07, 6.45) is 46.5. The number of phosphoric acid groups is 1. The maximum Gasteiger partial charge on any atom is 0.469 e. The third kappa shape index (κ3) is 40.2. The zero-order valence-corrected chi connectivity index (χ0v) is 33.6. The van der Waals surface area contributed by atoms with Gasteiger partial charge in [0.2, 0.25) is 0 Å². The van der Waals surface area contributed by atoms with Crippen LogP contribution in [0.25, 0.3) is 0 Å². The van der Waals surface area contributed by atoms with Crippen molar-refractivity contribution < 1.29 is 43.0 Å². The first-order chi connectivity index (χ1) is 25.7. The number of hydrogen-bond acceptors (Lipinski definition) is 7. The second kappa shape index (κ2) is 37.5. The first kappa shape index (κ1) is 50.2. The molecule has 9 nitrogen and oxygen atoms in total. The van der Waals surface area contributed by atoms with Crippen molar-refractivity contribution in [3.63, 3.8) is 0 Å². The average Bonchev–Trinajstić information content (AvgIpc) is 3.12. The molecule has 0 aliphatic heterocycles. The van der Waals surface area contributed by atoms with E-state index in [1.807, 2.05) is 30.4 Å². The number of phosphoric ester groups is 1. The van der Waals surface area contributed by atoms with Crippen molar-refractivity contribution in [3.8, 4) is 0 Å². The van der Waals surface area contributed by atoms with Gasteiger partial charge in [0.1, 0.15) is 6.61 Å². The van der Waals surface area contributed by atoms with E-state index in [0.29, 0.717) is 25.7 Å². The molecule has 0 amide bonds. The SMILES string of the molecule is CCCCCCCC/C=C\C/C=C\C/C=C\CCCC(=O)OC[C@H](COP(=O)(O)O)OC(=O)CCC/C=C\C/C=C\C/C=C\C/C=C\[C@H](O)CCCC. The van der Waals surface area contributed by atoms with Gasteiger partial charge in [-0.05, 0) is 77.0 Å². The molecule has 10 heteroatoms. The molecule has 0 saturated carbocycles. The molecule has 0 saturated heterocycles. The van der Waals surface area contributed by atoms with E-state index in [-0.39, 0.29) is 25.6 Å². The minimum absolute atomic E-state index is 0.104. The van der Waals surface area contributed by atoms with Gasteiger partial charge in [-0.2, -0.15) is 0 Å². The van der Waals surface area contributed by atoms with Crippen molar-refractivity contribution in [1.29, 1.82) is 0 Å². The Hall–Kier alpha value is -2.81. The Morgan fingerprint density at radius 2 is 1.02 bits per heavy atom. The molecule has 0 spiro atoms. The highest BCUT2D eigenvalue weighted by Crippen LogP contribution is 2.35. The lowest BCUT2D eigenvalue weighted by atomic mass is 10.1.